The van der Waals surface area contributed by atoms with E-state index in [9.17, 15) is 9.59 Å². The lowest BCUT2D eigenvalue weighted by Gasteiger charge is -2.06. The van der Waals surface area contributed by atoms with Crippen LogP contribution in [-0.4, -0.2) is 11.2 Å². The topological polar surface area (TPSA) is 43.4 Å². The van der Waals surface area contributed by atoms with E-state index >= 15 is 0 Å². The van der Waals surface area contributed by atoms with Crippen molar-refractivity contribution in [1.29, 1.82) is 0 Å². The molecule has 0 aromatic heterocycles. The van der Waals surface area contributed by atoms with Crippen molar-refractivity contribution in [3.8, 4) is 5.75 Å². The number of carbonyl (C=O) groups excluding carboxylic acids is 2. The molecule has 2 rings (SSSR count). The lowest BCUT2D eigenvalue weighted by Crippen LogP contribution is -2.12. The smallest absolute Gasteiger partial charge is 0.344 e. The zero-order valence-corrected chi connectivity index (χ0v) is 10.1. The predicted octanol–water partition coefficient (Wildman–Crippen LogP) is 3.28. The summed E-state index contributed by atoms with van der Waals surface area (Å²) in [6, 6.07) is 14.9. The third-order valence-corrected chi connectivity index (χ3v) is 2.52. The van der Waals surface area contributed by atoms with Crippen molar-refractivity contribution in [2.45, 2.75) is 0 Å². The fourth-order valence-electron chi connectivity index (χ4n) is 1.48. The molecule has 0 aliphatic carbocycles. The van der Waals surface area contributed by atoms with Crippen molar-refractivity contribution >= 4 is 22.8 Å². The van der Waals surface area contributed by atoms with Crippen LogP contribution < -0.4 is 4.74 Å². The molecule has 2 aromatic rings. The fraction of sp³-hybridized carbons (Fsp3) is 0. The van der Waals surface area contributed by atoms with E-state index < -0.39 is 11.2 Å². The van der Waals surface area contributed by atoms with Crippen molar-refractivity contribution < 1.29 is 14.3 Å². The van der Waals surface area contributed by atoms with Gasteiger partial charge in [0.05, 0.1) is 5.56 Å². The first-order valence-electron chi connectivity index (χ1n) is 5.24. The minimum atomic E-state index is -0.685. The molecule has 0 aliphatic rings. The van der Waals surface area contributed by atoms with Gasteiger partial charge in [0.25, 0.3) is 5.24 Å². The summed E-state index contributed by atoms with van der Waals surface area (Å²) in [4.78, 5) is 23.1. The Balaban J connectivity index is 2.27. The Kier molecular flexibility index (Phi) is 3.75. The molecule has 4 heteroatoms. The van der Waals surface area contributed by atoms with Gasteiger partial charge in [-0.15, -0.1) is 0 Å². The molecule has 0 spiro atoms. The molecular weight excluding hydrogens is 252 g/mol. The predicted molar refractivity (Wildman–Crippen MR) is 68.0 cm³/mol. The molecule has 3 nitrogen and oxygen atoms in total. The summed E-state index contributed by atoms with van der Waals surface area (Å²) in [5.41, 5.74) is 0.293. The number of esters is 1. The maximum Gasteiger partial charge on any atom is 0.344 e. The van der Waals surface area contributed by atoms with E-state index in [1.54, 1.807) is 36.4 Å². The van der Waals surface area contributed by atoms with Crippen molar-refractivity contribution in [3.05, 3.63) is 65.7 Å². The number of ether oxygens (including phenoxy) is 1. The Morgan fingerprint density at radius 1 is 0.833 bits per heavy atom. The maximum atomic E-state index is 11.9. The van der Waals surface area contributed by atoms with Crippen LogP contribution in [0.5, 0.6) is 5.75 Å². The lowest BCUT2D eigenvalue weighted by molar-refractivity contribution is 0.0731. The molecule has 0 N–H and O–H groups in total. The highest BCUT2D eigenvalue weighted by Crippen LogP contribution is 2.16. The van der Waals surface area contributed by atoms with Crippen LogP contribution in [0.25, 0.3) is 0 Å². The summed E-state index contributed by atoms with van der Waals surface area (Å²) in [5.74, 6) is -0.190. The molecule has 0 heterocycles. The molecular formula is C14H9ClO3. The third kappa shape index (κ3) is 2.76. The van der Waals surface area contributed by atoms with E-state index in [1.807, 2.05) is 6.07 Å². The Bertz CT molecular complexity index is 579. The molecule has 0 radical (unpaired) electrons. The van der Waals surface area contributed by atoms with Gasteiger partial charge in [-0.1, -0.05) is 30.3 Å². The van der Waals surface area contributed by atoms with E-state index in [-0.39, 0.29) is 11.1 Å². The minimum Gasteiger partial charge on any atom is -0.423 e. The number of halogens is 1. The second-order valence-electron chi connectivity index (χ2n) is 3.52. The highest BCUT2D eigenvalue weighted by molar-refractivity contribution is 6.68. The van der Waals surface area contributed by atoms with Crippen LogP contribution in [0.3, 0.4) is 0 Å². The zero-order chi connectivity index (χ0) is 13.0. The average Bonchev–Trinajstić information content (AvgIpc) is 2.40. The first-order chi connectivity index (χ1) is 8.68. The SMILES string of the molecule is O=C(Cl)c1ccccc1C(=O)Oc1ccccc1. The highest BCUT2D eigenvalue weighted by Gasteiger charge is 2.16. The van der Waals surface area contributed by atoms with Gasteiger partial charge in [0, 0.05) is 5.56 Å². The van der Waals surface area contributed by atoms with E-state index in [1.165, 1.54) is 12.1 Å². The van der Waals surface area contributed by atoms with Gasteiger partial charge in [-0.3, -0.25) is 4.79 Å². The van der Waals surface area contributed by atoms with E-state index in [0.717, 1.165) is 0 Å². The van der Waals surface area contributed by atoms with Crippen LogP contribution >= 0.6 is 11.6 Å². The number of carbonyl (C=O) groups is 2. The molecule has 0 amide bonds. The van der Waals surface area contributed by atoms with E-state index in [2.05, 4.69) is 0 Å². The minimum absolute atomic E-state index is 0.139. The van der Waals surface area contributed by atoms with E-state index in [4.69, 9.17) is 16.3 Å². The number of rotatable bonds is 3. The zero-order valence-electron chi connectivity index (χ0n) is 9.30. The molecule has 90 valence electrons. The molecule has 0 fully saturated rings. The molecule has 0 bridgehead atoms. The van der Waals surface area contributed by atoms with Gasteiger partial charge in [-0.05, 0) is 35.9 Å². The quantitative estimate of drug-likeness (QED) is 0.483. The second-order valence-corrected chi connectivity index (χ2v) is 3.87. The largest absolute Gasteiger partial charge is 0.423 e. The standard InChI is InChI=1S/C14H9ClO3/c15-13(16)11-8-4-5-9-12(11)14(17)18-10-6-2-1-3-7-10/h1-9H. The number of hydrogen-bond acceptors (Lipinski definition) is 3. The van der Waals surface area contributed by atoms with Crippen molar-refractivity contribution in [1.82, 2.24) is 0 Å². The van der Waals surface area contributed by atoms with Crippen LogP contribution in [0.1, 0.15) is 20.7 Å². The summed E-state index contributed by atoms with van der Waals surface area (Å²) in [7, 11) is 0. The summed E-state index contributed by atoms with van der Waals surface area (Å²) in [5, 5.41) is -0.685. The van der Waals surface area contributed by atoms with E-state index in [0.29, 0.717) is 5.75 Å². The van der Waals surface area contributed by atoms with Gasteiger partial charge >= 0.3 is 5.97 Å². The van der Waals surface area contributed by atoms with Gasteiger partial charge in [0.2, 0.25) is 0 Å². The van der Waals surface area contributed by atoms with Crippen LogP contribution in [0, 0.1) is 0 Å². The Hall–Kier alpha value is -2.13. The van der Waals surface area contributed by atoms with Crippen LogP contribution in [-0.2, 0) is 0 Å². The second kappa shape index (κ2) is 5.47. The van der Waals surface area contributed by atoms with Crippen LogP contribution in [0.4, 0.5) is 0 Å². The summed E-state index contributed by atoms with van der Waals surface area (Å²) in [6.45, 7) is 0. The highest BCUT2D eigenvalue weighted by atomic mass is 35.5. The third-order valence-electron chi connectivity index (χ3n) is 2.31. The summed E-state index contributed by atoms with van der Waals surface area (Å²) >= 11 is 5.41. The van der Waals surface area contributed by atoms with Crippen molar-refractivity contribution in [2.24, 2.45) is 0 Å². The molecule has 2 aromatic carbocycles. The van der Waals surface area contributed by atoms with Gasteiger partial charge in [-0.25, -0.2) is 4.79 Å². The van der Waals surface area contributed by atoms with Gasteiger partial charge < -0.3 is 4.74 Å². The lowest BCUT2D eigenvalue weighted by atomic mass is 10.1. The first-order valence-corrected chi connectivity index (χ1v) is 5.62. The molecule has 0 saturated heterocycles. The van der Waals surface area contributed by atoms with Crippen molar-refractivity contribution in [2.75, 3.05) is 0 Å². The molecule has 18 heavy (non-hydrogen) atoms. The molecule has 0 saturated carbocycles. The fourth-order valence-corrected chi connectivity index (χ4v) is 1.65. The van der Waals surface area contributed by atoms with Gasteiger partial charge in [-0.2, -0.15) is 0 Å². The molecule has 0 aliphatic heterocycles. The van der Waals surface area contributed by atoms with Gasteiger partial charge in [0.15, 0.2) is 0 Å². The van der Waals surface area contributed by atoms with Crippen molar-refractivity contribution in [3.63, 3.8) is 0 Å². The summed E-state index contributed by atoms with van der Waals surface area (Å²) in [6.07, 6.45) is 0. The average molecular weight is 261 g/mol. The number of benzene rings is 2. The van der Waals surface area contributed by atoms with Gasteiger partial charge in [0.1, 0.15) is 5.75 Å². The Morgan fingerprint density at radius 3 is 2.00 bits per heavy atom. The molecule has 0 unspecified atom stereocenters. The normalized spacial score (nSPS) is 9.83. The van der Waals surface area contributed by atoms with Crippen LogP contribution in [0.15, 0.2) is 54.6 Å². The number of para-hydroxylation sites is 1. The van der Waals surface area contributed by atoms with Crippen LogP contribution in [0.2, 0.25) is 0 Å². The summed E-state index contributed by atoms with van der Waals surface area (Å²) < 4.78 is 5.14. The molecule has 0 atom stereocenters. The first kappa shape index (κ1) is 12.3. The Morgan fingerprint density at radius 2 is 1.39 bits per heavy atom. The monoisotopic (exact) mass is 260 g/mol. The maximum absolute atomic E-state index is 11.9. The number of hydrogen-bond donors (Lipinski definition) is 0. The Labute approximate surface area is 109 Å².